The van der Waals surface area contributed by atoms with Crippen molar-refractivity contribution in [2.45, 2.75) is 13.8 Å². The number of ether oxygens (including phenoxy) is 1. The number of hydrogen-bond donors (Lipinski definition) is 0. The average molecular weight is 370 g/mol. The molecule has 0 bridgehead atoms. The van der Waals surface area contributed by atoms with Gasteiger partial charge in [0.2, 0.25) is 0 Å². The van der Waals surface area contributed by atoms with Crippen LogP contribution >= 0.6 is 22.6 Å². The van der Waals surface area contributed by atoms with Gasteiger partial charge in [-0.15, -0.1) is 0 Å². The minimum absolute atomic E-state index is 0.0123. The Morgan fingerprint density at radius 2 is 1.89 bits per heavy atom. The SMILES string of the molecule is CC(=O)Oc1c(C)c(I)cc(-c2ccccc2)c1F. The van der Waals surface area contributed by atoms with Gasteiger partial charge in [0.25, 0.3) is 0 Å². The maximum atomic E-state index is 14.5. The zero-order chi connectivity index (χ0) is 14.0. The van der Waals surface area contributed by atoms with E-state index >= 15 is 0 Å². The van der Waals surface area contributed by atoms with E-state index in [1.54, 1.807) is 13.0 Å². The van der Waals surface area contributed by atoms with Crippen molar-refractivity contribution in [1.82, 2.24) is 0 Å². The lowest BCUT2D eigenvalue weighted by molar-refractivity contribution is -0.132. The van der Waals surface area contributed by atoms with Gasteiger partial charge >= 0.3 is 5.97 Å². The van der Waals surface area contributed by atoms with Crippen LogP contribution in [0.5, 0.6) is 5.75 Å². The van der Waals surface area contributed by atoms with Gasteiger partial charge in [-0.2, -0.15) is 0 Å². The molecule has 98 valence electrons. The molecule has 2 aromatic rings. The predicted octanol–water partition coefficient (Wildman–Crippen LogP) is 4.33. The largest absolute Gasteiger partial charge is 0.423 e. The zero-order valence-electron chi connectivity index (χ0n) is 10.5. The third kappa shape index (κ3) is 2.94. The van der Waals surface area contributed by atoms with Crippen LogP contribution in [0.4, 0.5) is 4.39 Å². The second-order valence-corrected chi connectivity index (χ2v) is 5.30. The first-order valence-electron chi connectivity index (χ1n) is 5.73. The van der Waals surface area contributed by atoms with Gasteiger partial charge in [-0.05, 0) is 41.1 Å². The van der Waals surface area contributed by atoms with Crippen LogP contribution in [-0.4, -0.2) is 5.97 Å². The van der Waals surface area contributed by atoms with Crippen LogP contribution < -0.4 is 4.74 Å². The highest BCUT2D eigenvalue weighted by atomic mass is 127. The van der Waals surface area contributed by atoms with Crippen molar-refractivity contribution in [3.05, 3.63) is 51.3 Å². The van der Waals surface area contributed by atoms with Crippen LogP contribution in [0, 0.1) is 16.3 Å². The number of benzene rings is 2. The molecule has 2 rings (SSSR count). The van der Waals surface area contributed by atoms with Gasteiger partial charge in [0, 0.05) is 21.6 Å². The maximum absolute atomic E-state index is 14.5. The topological polar surface area (TPSA) is 26.3 Å². The van der Waals surface area contributed by atoms with Crippen LogP contribution in [0.1, 0.15) is 12.5 Å². The van der Waals surface area contributed by atoms with Crippen molar-refractivity contribution in [2.75, 3.05) is 0 Å². The zero-order valence-corrected chi connectivity index (χ0v) is 12.7. The Morgan fingerprint density at radius 1 is 1.26 bits per heavy atom. The molecule has 0 saturated carbocycles. The van der Waals surface area contributed by atoms with Crippen LogP contribution in [0.2, 0.25) is 0 Å². The van der Waals surface area contributed by atoms with Gasteiger partial charge in [0.05, 0.1) is 0 Å². The number of hydrogen-bond acceptors (Lipinski definition) is 2. The van der Waals surface area contributed by atoms with E-state index in [4.69, 9.17) is 4.74 Å². The van der Waals surface area contributed by atoms with E-state index < -0.39 is 11.8 Å². The number of esters is 1. The van der Waals surface area contributed by atoms with Crippen molar-refractivity contribution in [3.63, 3.8) is 0 Å². The van der Waals surface area contributed by atoms with Gasteiger partial charge in [-0.1, -0.05) is 30.3 Å². The molecule has 0 aliphatic rings. The molecule has 2 nitrogen and oxygen atoms in total. The van der Waals surface area contributed by atoms with Gasteiger partial charge in [0.15, 0.2) is 11.6 Å². The molecule has 4 heteroatoms. The Morgan fingerprint density at radius 3 is 2.47 bits per heavy atom. The van der Waals surface area contributed by atoms with Gasteiger partial charge < -0.3 is 4.74 Å². The highest BCUT2D eigenvalue weighted by molar-refractivity contribution is 14.1. The average Bonchev–Trinajstić information content (AvgIpc) is 2.39. The molecule has 0 saturated heterocycles. The Kier molecular flexibility index (Phi) is 4.19. The summed E-state index contributed by atoms with van der Waals surface area (Å²) in [6.07, 6.45) is 0. The van der Waals surface area contributed by atoms with E-state index in [1.807, 2.05) is 30.3 Å². The Labute approximate surface area is 124 Å². The normalized spacial score (nSPS) is 10.3. The molecule has 0 aliphatic heterocycles. The molecule has 2 aromatic carbocycles. The van der Waals surface area contributed by atoms with Crippen molar-refractivity contribution >= 4 is 28.6 Å². The third-order valence-electron chi connectivity index (χ3n) is 2.74. The fraction of sp³-hybridized carbons (Fsp3) is 0.133. The molecule has 0 heterocycles. The molecule has 19 heavy (non-hydrogen) atoms. The molecule has 0 amide bonds. The number of carbonyl (C=O) groups excluding carboxylic acids is 1. The van der Waals surface area contributed by atoms with Gasteiger partial charge in [0.1, 0.15) is 0 Å². The Hall–Kier alpha value is -1.43. The van der Waals surface area contributed by atoms with E-state index in [9.17, 15) is 9.18 Å². The fourth-order valence-corrected chi connectivity index (χ4v) is 2.34. The molecular formula is C15H12FIO2. The summed E-state index contributed by atoms with van der Waals surface area (Å²) in [7, 11) is 0. The lowest BCUT2D eigenvalue weighted by Crippen LogP contribution is -2.06. The van der Waals surface area contributed by atoms with E-state index in [0.717, 1.165) is 9.13 Å². The lowest BCUT2D eigenvalue weighted by Gasteiger charge is -2.13. The quantitative estimate of drug-likeness (QED) is 0.447. The van der Waals surface area contributed by atoms with Crippen molar-refractivity contribution < 1.29 is 13.9 Å². The van der Waals surface area contributed by atoms with Crippen molar-refractivity contribution in [3.8, 4) is 16.9 Å². The highest BCUT2D eigenvalue weighted by Gasteiger charge is 2.18. The molecule has 0 spiro atoms. The summed E-state index contributed by atoms with van der Waals surface area (Å²) in [5.41, 5.74) is 1.83. The smallest absolute Gasteiger partial charge is 0.308 e. The molecule has 0 radical (unpaired) electrons. The third-order valence-corrected chi connectivity index (χ3v) is 3.86. The summed E-state index contributed by atoms with van der Waals surface area (Å²) in [5.74, 6) is -1.01. The first kappa shape index (κ1) is 14.0. The number of rotatable bonds is 2. The predicted molar refractivity (Wildman–Crippen MR) is 80.6 cm³/mol. The fourth-order valence-electron chi connectivity index (χ4n) is 1.79. The summed E-state index contributed by atoms with van der Waals surface area (Å²) in [6.45, 7) is 3.00. The molecule has 0 aromatic heterocycles. The maximum Gasteiger partial charge on any atom is 0.308 e. The summed E-state index contributed by atoms with van der Waals surface area (Å²) >= 11 is 2.11. The second kappa shape index (κ2) is 5.69. The first-order valence-corrected chi connectivity index (χ1v) is 6.81. The Balaban J connectivity index is 2.64. The van der Waals surface area contributed by atoms with E-state index in [0.29, 0.717) is 11.1 Å². The summed E-state index contributed by atoms with van der Waals surface area (Å²) in [4.78, 5) is 11.1. The van der Waals surface area contributed by atoms with E-state index in [-0.39, 0.29) is 5.75 Å². The molecule has 0 unspecified atom stereocenters. The minimum atomic E-state index is -0.525. The molecule has 0 aliphatic carbocycles. The molecule has 0 N–H and O–H groups in total. The first-order chi connectivity index (χ1) is 9.00. The van der Waals surface area contributed by atoms with Gasteiger partial charge in [-0.3, -0.25) is 4.79 Å². The van der Waals surface area contributed by atoms with Crippen LogP contribution in [0.25, 0.3) is 11.1 Å². The molecule has 0 atom stereocenters. The number of halogens is 2. The summed E-state index contributed by atoms with van der Waals surface area (Å²) in [5, 5.41) is 0. The van der Waals surface area contributed by atoms with Crippen LogP contribution in [0.3, 0.4) is 0 Å². The van der Waals surface area contributed by atoms with Crippen molar-refractivity contribution in [1.29, 1.82) is 0 Å². The van der Waals surface area contributed by atoms with Crippen LogP contribution in [-0.2, 0) is 4.79 Å². The monoisotopic (exact) mass is 370 g/mol. The van der Waals surface area contributed by atoms with Gasteiger partial charge in [-0.25, -0.2) is 4.39 Å². The molecular weight excluding hydrogens is 358 g/mol. The second-order valence-electron chi connectivity index (χ2n) is 4.13. The summed E-state index contributed by atoms with van der Waals surface area (Å²) in [6, 6.07) is 10.9. The van der Waals surface area contributed by atoms with E-state index in [2.05, 4.69) is 22.6 Å². The van der Waals surface area contributed by atoms with Crippen LogP contribution in [0.15, 0.2) is 36.4 Å². The van der Waals surface area contributed by atoms with Crippen molar-refractivity contribution in [2.24, 2.45) is 0 Å². The molecule has 0 fully saturated rings. The minimum Gasteiger partial charge on any atom is -0.423 e. The Bertz CT molecular complexity index is 624. The lowest BCUT2D eigenvalue weighted by atomic mass is 10.0. The number of carbonyl (C=O) groups is 1. The highest BCUT2D eigenvalue weighted by Crippen LogP contribution is 2.35. The summed E-state index contributed by atoms with van der Waals surface area (Å²) < 4.78 is 20.3. The van der Waals surface area contributed by atoms with E-state index in [1.165, 1.54) is 6.92 Å². The standard InChI is InChI=1S/C15H12FIO2/c1-9-13(17)8-12(11-6-4-3-5-7-11)14(16)15(9)19-10(2)18/h3-8H,1-2H3.